The highest BCUT2D eigenvalue weighted by Gasteiger charge is 2.09. The Bertz CT molecular complexity index is 330. The van der Waals surface area contributed by atoms with E-state index in [2.05, 4.69) is 16.4 Å². The second kappa shape index (κ2) is 5.98. The van der Waals surface area contributed by atoms with Crippen molar-refractivity contribution >= 4 is 5.97 Å². The lowest BCUT2D eigenvalue weighted by Crippen LogP contribution is -2.09. The van der Waals surface area contributed by atoms with Crippen molar-refractivity contribution in [2.75, 3.05) is 6.61 Å². The lowest BCUT2D eigenvalue weighted by atomic mass is 10.1. The molecular weight excluding hydrogens is 192 g/mol. The third-order valence-electron chi connectivity index (χ3n) is 1.80. The first-order chi connectivity index (χ1) is 7.24. The molecule has 0 saturated heterocycles. The zero-order chi connectivity index (χ0) is 11.1. The number of carbonyl (C=O) groups is 1. The van der Waals surface area contributed by atoms with Gasteiger partial charge >= 0.3 is 5.97 Å². The molecule has 0 N–H and O–H groups in total. The van der Waals surface area contributed by atoms with Gasteiger partial charge in [-0.3, -0.25) is 4.89 Å². The largest absolute Gasteiger partial charge is 0.368 e. The predicted octanol–water partition coefficient (Wildman–Crippen LogP) is 2.28. The van der Waals surface area contributed by atoms with Crippen LogP contribution in [0.15, 0.2) is 42.5 Å². The molecule has 0 saturated carbocycles. The Morgan fingerprint density at radius 1 is 1.33 bits per heavy atom. The fourth-order valence-electron chi connectivity index (χ4n) is 1.09. The summed E-state index contributed by atoms with van der Waals surface area (Å²) in [5, 5.41) is 0. The Balaban J connectivity index is 2.45. The Kier molecular flexibility index (Phi) is 4.57. The molecule has 0 bridgehead atoms. The van der Waals surface area contributed by atoms with Crippen molar-refractivity contribution in [3.8, 4) is 0 Å². The van der Waals surface area contributed by atoms with Gasteiger partial charge in [-0.25, -0.2) is 4.79 Å². The van der Waals surface area contributed by atoms with E-state index in [0.717, 1.165) is 5.56 Å². The van der Waals surface area contributed by atoms with E-state index in [1.54, 1.807) is 6.92 Å². The minimum Gasteiger partial charge on any atom is -0.293 e. The van der Waals surface area contributed by atoms with Gasteiger partial charge in [-0.1, -0.05) is 36.9 Å². The van der Waals surface area contributed by atoms with Gasteiger partial charge in [-0.05, 0) is 12.5 Å². The van der Waals surface area contributed by atoms with Crippen molar-refractivity contribution in [1.82, 2.24) is 0 Å². The molecule has 3 heteroatoms. The molecule has 80 valence electrons. The molecule has 0 radical (unpaired) electrons. The van der Waals surface area contributed by atoms with Crippen molar-refractivity contribution in [3.63, 3.8) is 0 Å². The molecule has 0 unspecified atom stereocenters. The highest BCUT2D eigenvalue weighted by Crippen LogP contribution is 2.07. The summed E-state index contributed by atoms with van der Waals surface area (Å²) < 4.78 is 0. The molecular formula is C12H14O3. The van der Waals surface area contributed by atoms with Crippen LogP contribution in [0.1, 0.15) is 12.5 Å². The van der Waals surface area contributed by atoms with Crippen LogP contribution in [0.5, 0.6) is 0 Å². The summed E-state index contributed by atoms with van der Waals surface area (Å²) in [5.74, 6) is -0.513. The minimum atomic E-state index is -0.513. The van der Waals surface area contributed by atoms with Gasteiger partial charge in [0.15, 0.2) is 0 Å². The van der Waals surface area contributed by atoms with Gasteiger partial charge in [0, 0.05) is 12.0 Å². The quantitative estimate of drug-likeness (QED) is 0.421. The summed E-state index contributed by atoms with van der Waals surface area (Å²) >= 11 is 0. The van der Waals surface area contributed by atoms with Crippen LogP contribution in [0.4, 0.5) is 0 Å². The molecule has 0 amide bonds. The lowest BCUT2D eigenvalue weighted by molar-refractivity contribution is -0.265. The van der Waals surface area contributed by atoms with E-state index in [1.165, 1.54) is 0 Å². The maximum Gasteiger partial charge on any atom is 0.368 e. The SMILES string of the molecule is C=C(Cc1ccccc1)C(=O)OOCC. The van der Waals surface area contributed by atoms with E-state index in [4.69, 9.17) is 0 Å². The Morgan fingerprint density at radius 3 is 2.60 bits per heavy atom. The van der Waals surface area contributed by atoms with Crippen LogP contribution < -0.4 is 0 Å². The van der Waals surface area contributed by atoms with Crippen molar-refractivity contribution < 1.29 is 14.6 Å². The van der Waals surface area contributed by atoms with E-state index in [9.17, 15) is 4.79 Å². The number of hydrogen-bond acceptors (Lipinski definition) is 3. The van der Waals surface area contributed by atoms with Gasteiger partial charge in [0.2, 0.25) is 0 Å². The van der Waals surface area contributed by atoms with Crippen LogP contribution in [0.3, 0.4) is 0 Å². The van der Waals surface area contributed by atoms with Crippen LogP contribution in [0.2, 0.25) is 0 Å². The Labute approximate surface area is 89.2 Å². The monoisotopic (exact) mass is 206 g/mol. The van der Waals surface area contributed by atoms with Gasteiger partial charge in [-0.15, -0.1) is 0 Å². The molecule has 0 aliphatic carbocycles. The molecule has 0 heterocycles. The second-order valence-corrected chi connectivity index (χ2v) is 3.04. The third-order valence-corrected chi connectivity index (χ3v) is 1.80. The van der Waals surface area contributed by atoms with E-state index in [-0.39, 0.29) is 0 Å². The van der Waals surface area contributed by atoms with Crippen LogP contribution >= 0.6 is 0 Å². The van der Waals surface area contributed by atoms with Crippen LogP contribution in [-0.4, -0.2) is 12.6 Å². The number of rotatable bonds is 5. The van der Waals surface area contributed by atoms with Gasteiger partial charge in [0.05, 0.1) is 6.61 Å². The summed E-state index contributed by atoms with van der Waals surface area (Å²) in [5.41, 5.74) is 1.41. The summed E-state index contributed by atoms with van der Waals surface area (Å²) in [6.45, 7) is 5.73. The van der Waals surface area contributed by atoms with Gasteiger partial charge in [0.1, 0.15) is 0 Å². The molecule has 1 rings (SSSR count). The molecule has 0 atom stereocenters. The topological polar surface area (TPSA) is 35.5 Å². The highest BCUT2D eigenvalue weighted by molar-refractivity contribution is 5.87. The minimum absolute atomic E-state index is 0.338. The smallest absolute Gasteiger partial charge is 0.293 e. The van der Waals surface area contributed by atoms with Crippen molar-refractivity contribution in [2.24, 2.45) is 0 Å². The Morgan fingerprint density at radius 2 is 2.00 bits per heavy atom. The van der Waals surface area contributed by atoms with E-state index >= 15 is 0 Å². The van der Waals surface area contributed by atoms with E-state index in [1.807, 2.05) is 30.3 Å². The molecule has 0 aliphatic heterocycles. The first kappa shape index (κ1) is 11.5. The fourth-order valence-corrected chi connectivity index (χ4v) is 1.09. The van der Waals surface area contributed by atoms with E-state index < -0.39 is 5.97 Å². The van der Waals surface area contributed by atoms with Crippen LogP contribution in [-0.2, 0) is 21.0 Å². The first-order valence-electron chi connectivity index (χ1n) is 4.79. The third kappa shape index (κ3) is 3.95. The fraction of sp³-hybridized carbons (Fsp3) is 0.250. The lowest BCUT2D eigenvalue weighted by Gasteiger charge is -2.04. The maximum atomic E-state index is 11.3. The molecule has 3 nitrogen and oxygen atoms in total. The number of carbonyl (C=O) groups excluding carboxylic acids is 1. The standard InChI is InChI=1S/C12H14O3/c1-3-14-15-12(13)10(2)9-11-7-5-4-6-8-11/h4-8H,2-3,9H2,1H3. The first-order valence-corrected chi connectivity index (χ1v) is 4.79. The van der Waals surface area contributed by atoms with Crippen molar-refractivity contribution in [3.05, 3.63) is 48.0 Å². The zero-order valence-corrected chi connectivity index (χ0v) is 8.73. The van der Waals surface area contributed by atoms with Crippen molar-refractivity contribution in [1.29, 1.82) is 0 Å². The average molecular weight is 206 g/mol. The molecule has 1 aromatic carbocycles. The van der Waals surface area contributed by atoms with Crippen LogP contribution in [0.25, 0.3) is 0 Å². The molecule has 0 spiro atoms. The van der Waals surface area contributed by atoms with Gasteiger partial charge in [-0.2, -0.15) is 4.89 Å². The molecule has 1 aromatic rings. The highest BCUT2D eigenvalue weighted by atomic mass is 17.2. The zero-order valence-electron chi connectivity index (χ0n) is 8.73. The number of hydrogen-bond donors (Lipinski definition) is 0. The average Bonchev–Trinajstić information content (AvgIpc) is 2.27. The summed E-state index contributed by atoms with van der Waals surface area (Å²) in [6.07, 6.45) is 0.479. The maximum absolute atomic E-state index is 11.3. The predicted molar refractivity (Wildman–Crippen MR) is 57.0 cm³/mol. The molecule has 15 heavy (non-hydrogen) atoms. The van der Waals surface area contributed by atoms with E-state index in [0.29, 0.717) is 18.6 Å². The molecule has 0 aliphatic rings. The summed E-state index contributed by atoms with van der Waals surface area (Å²) in [7, 11) is 0. The van der Waals surface area contributed by atoms with Gasteiger partial charge in [0.25, 0.3) is 0 Å². The Hall–Kier alpha value is -1.61. The normalized spacial score (nSPS) is 9.67. The van der Waals surface area contributed by atoms with Crippen LogP contribution in [0, 0.1) is 0 Å². The molecule has 0 aromatic heterocycles. The second-order valence-electron chi connectivity index (χ2n) is 3.04. The summed E-state index contributed by atoms with van der Waals surface area (Å²) in [6, 6.07) is 9.61. The molecule has 0 fully saturated rings. The number of benzene rings is 1. The summed E-state index contributed by atoms with van der Waals surface area (Å²) in [4.78, 5) is 20.3. The van der Waals surface area contributed by atoms with Crippen molar-refractivity contribution in [2.45, 2.75) is 13.3 Å². The van der Waals surface area contributed by atoms with Gasteiger partial charge < -0.3 is 0 Å².